The predicted molar refractivity (Wildman–Crippen MR) is 109 cm³/mol. The Morgan fingerprint density at radius 2 is 2.20 bits per heavy atom. The smallest absolute Gasteiger partial charge is 0.194 e. The minimum atomic E-state index is 0.103. The number of rotatable bonds is 6. The quantitative estimate of drug-likeness (QED) is 0.620. The minimum Gasteiger partial charge on any atom is -0.357 e. The third kappa shape index (κ3) is 5.68. The zero-order chi connectivity index (χ0) is 18.4. The molecule has 1 aliphatic heterocycles. The molecule has 1 N–H and O–H groups in total. The average Bonchev–Trinajstić information content (AvgIpc) is 3.19. The average molecular weight is 366 g/mol. The Kier molecular flexibility index (Phi) is 7.25. The maximum absolute atomic E-state index is 4.83. The fourth-order valence-electron chi connectivity index (χ4n) is 3.26. The summed E-state index contributed by atoms with van der Waals surface area (Å²) in [6, 6.07) is 0.645. The number of thiazole rings is 1. The van der Waals surface area contributed by atoms with E-state index in [1.807, 2.05) is 0 Å². The van der Waals surface area contributed by atoms with Crippen LogP contribution in [-0.2, 0) is 12.0 Å². The van der Waals surface area contributed by atoms with Crippen LogP contribution in [0.1, 0.15) is 58.2 Å². The third-order valence-corrected chi connectivity index (χ3v) is 5.60. The maximum Gasteiger partial charge on any atom is 0.194 e. The molecule has 1 unspecified atom stereocenters. The van der Waals surface area contributed by atoms with E-state index in [0.29, 0.717) is 12.6 Å². The van der Waals surface area contributed by atoms with Gasteiger partial charge in [-0.3, -0.25) is 4.90 Å². The van der Waals surface area contributed by atoms with Crippen LogP contribution in [0.3, 0.4) is 0 Å². The van der Waals surface area contributed by atoms with E-state index < -0.39 is 0 Å². The van der Waals surface area contributed by atoms with E-state index in [-0.39, 0.29) is 5.41 Å². The van der Waals surface area contributed by atoms with E-state index in [2.05, 4.69) is 62.2 Å². The number of nitrogens with zero attached hydrogens (tertiary/aromatic N) is 4. The Bertz CT molecular complexity index is 560. The summed E-state index contributed by atoms with van der Waals surface area (Å²) in [4.78, 5) is 14.4. The van der Waals surface area contributed by atoms with Gasteiger partial charge in [-0.15, -0.1) is 11.3 Å². The Labute approximate surface area is 157 Å². The summed E-state index contributed by atoms with van der Waals surface area (Å²) in [5.41, 5.74) is 1.26. The molecule has 142 valence electrons. The Balaban J connectivity index is 2.00. The molecular formula is C19H35N5S. The van der Waals surface area contributed by atoms with Crippen LogP contribution < -0.4 is 5.32 Å². The van der Waals surface area contributed by atoms with Crippen molar-refractivity contribution in [3.05, 3.63) is 16.1 Å². The second kappa shape index (κ2) is 8.99. The number of likely N-dealkylation sites (tertiary alicyclic amines) is 1. The van der Waals surface area contributed by atoms with Crippen molar-refractivity contribution in [1.29, 1.82) is 0 Å². The van der Waals surface area contributed by atoms with E-state index in [0.717, 1.165) is 36.3 Å². The lowest BCUT2D eigenvalue weighted by Crippen LogP contribution is -2.45. The van der Waals surface area contributed by atoms with Crippen LogP contribution in [0.4, 0.5) is 0 Å². The van der Waals surface area contributed by atoms with E-state index in [9.17, 15) is 0 Å². The molecule has 0 bridgehead atoms. The Morgan fingerprint density at radius 3 is 2.80 bits per heavy atom. The molecule has 0 saturated carbocycles. The summed E-state index contributed by atoms with van der Waals surface area (Å²) < 4.78 is 0. The summed E-state index contributed by atoms with van der Waals surface area (Å²) in [6.45, 7) is 15.9. The van der Waals surface area contributed by atoms with Crippen LogP contribution in [0, 0.1) is 0 Å². The van der Waals surface area contributed by atoms with Crippen LogP contribution >= 0.6 is 11.3 Å². The van der Waals surface area contributed by atoms with Crippen LogP contribution in [0.2, 0.25) is 0 Å². The maximum atomic E-state index is 4.83. The molecule has 2 heterocycles. The second-order valence-corrected chi connectivity index (χ2v) is 8.79. The first-order valence-electron chi connectivity index (χ1n) is 9.53. The van der Waals surface area contributed by atoms with Gasteiger partial charge in [0.25, 0.3) is 0 Å². The third-order valence-electron chi connectivity index (χ3n) is 4.77. The van der Waals surface area contributed by atoms with Gasteiger partial charge < -0.3 is 10.2 Å². The predicted octanol–water partition coefficient (Wildman–Crippen LogP) is 3.32. The molecule has 0 spiro atoms. The van der Waals surface area contributed by atoms with Crippen molar-refractivity contribution in [2.75, 3.05) is 33.2 Å². The number of hydrogen-bond acceptors (Lipinski definition) is 4. The molecule has 1 fully saturated rings. The molecular weight excluding hydrogens is 330 g/mol. The van der Waals surface area contributed by atoms with Crippen LogP contribution in [0.15, 0.2) is 10.4 Å². The summed E-state index contributed by atoms with van der Waals surface area (Å²) in [6.07, 6.45) is 2.60. The van der Waals surface area contributed by atoms with E-state index >= 15 is 0 Å². The molecule has 0 amide bonds. The first-order valence-corrected chi connectivity index (χ1v) is 10.4. The highest BCUT2D eigenvalue weighted by molar-refractivity contribution is 7.09. The number of aromatic nitrogens is 1. The summed E-state index contributed by atoms with van der Waals surface area (Å²) in [5, 5.41) is 6.68. The fourth-order valence-corrected chi connectivity index (χ4v) is 4.21. The van der Waals surface area contributed by atoms with Gasteiger partial charge in [0.05, 0.1) is 12.2 Å². The topological polar surface area (TPSA) is 43.8 Å². The van der Waals surface area contributed by atoms with Gasteiger partial charge in [-0.1, -0.05) is 27.7 Å². The number of hydrogen-bond donors (Lipinski definition) is 1. The van der Waals surface area contributed by atoms with Crippen molar-refractivity contribution in [1.82, 2.24) is 20.1 Å². The molecule has 2 rings (SSSR count). The molecule has 1 aliphatic rings. The zero-order valence-electron chi connectivity index (χ0n) is 16.8. The van der Waals surface area contributed by atoms with E-state index in [1.165, 1.54) is 19.4 Å². The molecule has 6 heteroatoms. The minimum absolute atomic E-state index is 0.103. The number of guanidine groups is 1. The lowest BCUT2D eigenvalue weighted by molar-refractivity contribution is 0.232. The number of nitrogens with one attached hydrogen (secondary N) is 1. The van der Waals surface area contributed by atoms with Crippen molar-refractivity contribution in [2.24, 2.45) is 4.99 Å². The van der Waals surface area contributed by atoms with Gasteiger partial charge in [0.15, 0.2) is 5.96 Å². The molecule has 1 atom stereocenters. The van der Waals surface area contributed by atoms with Gasteiger partial charge in [0.1, 0.15) is 5.01 Å². The molecule has 5 nitrogen and oxygen atoms in total. The SMILES string of the molecule is CCNC(=NCc1nc(C(C)(C)C)cs1)N(C)CC1CCCN1CC. The molecule has 1 saturated heterocycles. The first-order chi connectivity index (χ1) is 11.8. The standard InChI is InChI=1S/C19H35N5S/c1-7-20-18(23(6)13-15-10-9-11-24(15)8-2)21-12-17-22-16(14-25-17)19(3,4)5/h14-15H,7-13H2,1-6H3,(H,20,21). The van der Waals surface area contributed by atoms with Gasteiger partial charge in [-0.25, -0.2) is 9.98 Å². The number of aliphatic imine (C=N–C) groups is 1. The molecule has 0 aliphatic carbocycles. The highest BCUT2D eigenvalue weighted by Crippen LogP contribution is 2.24. The monoisotopic (exact) mass is 365 g/mol. The summed E-state index contributed by atoms with van der Waals surface area (Å²) >= 11 is 1.71. The van der Waals surface area contributed by atoms with Crippen molar-refractivity contribution in [3.63, 3.8) is 0 Å². The lowest BCUT2D eigenvalue weighted by Gasteiger charge is -2.29. The van der Waals surface area contributed by atoms with Crippen molar-refractivity contribution >= 4 is 17.3 Å². The largest absolute Gasteiger partial charge is 0.357 e. The van der Waals surface area contributed by atoms with Crippen LogP contribution in [0.5, 0.6) is 0 Å². The Hall–Kier alpha value is -1.14. The molecule has 0 aromatic carbocycles. The summed E-state index contributed by atoms with van der Waals surface area (Å²) in [5.74, 6) is 0.984. The van der Waals surface area contributed by atoms with Gasteiger partial charge in [0.2, 0.25) is 0 Å². The van der Waals surface area contributed by atoms with Crippen LogP contribution in [0.25, 0.3) is 0 Å². The number of likely N-dealkylation sites (N-methyl/N-ethyl adjacent to an activating group) is 2. The normalized spacial score (nSPS) is 19.4. The van der Waals surface area contributed by atoms with Crippen molar-refractivity contribution in [3.8, 4) is 0 Å². The van der Waals surface area contributed by atoms with E-state index in [4.69, 9.17) is 9.98 Å². The first kappa shape index (κ1) is 20.2. The second-order valence-electron chi connectivity index (χ2n) is 7.85. The van der Waals surface area contributed by atoms with Crippen LogP contribution in [-0.4, -0.2) is 60.0 Å². The van der Waals surface area contributed by atoms with Gasteiger partial charge in [-0.2, -0.15) is 0 Å². The van der Waals surface area contributed by atoms with Crippen molar-refractivity contribution < 1.29 is 0 Å². The molecule has 25 heavy (non-hydrogen) atoms. The summed E-state index contributed by atoms with van der Waals surface area (Å²) in [7, 11) is 2.15. The zero-order valence-corrected chi connectivity index (χ0v) is 17.6. The molecule has 0 radical (unpaired) electrons. The highest BCUT2D eigenvalue weighted by Gasteiger charge is 2.25. The Morgan fingerprint density at radius 1 is 1.44 bits per heavy atom. The molecule has 1 aromatic rings. The van der Waals surface area contributed by atoms with Gasteiger partial charge in [0, 0.05) is 37.0 Å². The van der Waals surface area contributed by atoms with Gasteiger partial charge in [-0.05, 0) is 32.9 Å². The van der Waals surface area contributed by atoms with Crippen molar-refractivity contribution in [2.45, 2.75) is 65.5 Å². The van der Waals surface area contributed by atoms with Gasteiger partial charge >= 0.3 is 0 Å². The molecule has 1 aromatic heterocycles. The highest BCUT2D eigenvalue weighted by atomic mass is 32.1. The lowest BCUT2D eigenvalue weighted by atomic mass is 9.93. The fraction of sp³-hybridized carbons (Fsp3) is 0.789. The van der Waals surface area contributed by atoms with E-state index in [1.54, 1.807) is 11.3 Å².